The van der Waals surface area contributed by atoms with Crippen LogP contribution in [0.1, 0.15) is 10.7 Å². The number of aryl methyl sites for hydroxylation is 2. The molecule has 0 N–H and O–H groups in total. The molecule has 2 aromatic rings. The predicted octanol–water partition coefficient (Wildman–Crippen LogP) is 2.94. The summed E-state index contributed by atoms with van der Waals surface area (Å²) in [6.45, 7) is 4.01. The summed E-state index contributed by atoms with van der Waals surface area (Å²) >= 11 is 3.26. The molecule has 2 aromatic heterocycles. The molecule has 3 nitrogen and oxygen atoms in total. The molecule has 0 aromatic carbocycles. The smallest absolute Gasteiger partial charge is 0.119 e. The van der Waals surface area contributed by atoms with Gasteiger partial charge in [0.1, 0.15) is 10.7 Å². The van der Waals surface area contributed by atoms with Gasteiger partial charge in [0.05, 0.1) is 15.6 Å². The van der Waals surface area contributed by atoms with E-state index in [2.05, 4.69) is 15.2 Å². The molecule has 78 valence electrons. The SMILES string of the molecule is CSc1ccc(-c2sc(C)nc2C)nn1. The lowest BCUT2D eigenvalue weighted by atomic mass is 10.3. The van der Waals surface area contributed by atoms with Crippen LogP contribution >= 0.6 is 23.1 Å². The maximum Gasteiger partial charge on any atom is 0.119 e. The topological polar surface area (TPSA) is 38.7 Å². The maximum atomic E-state index is 4.38. The van der Waals surface area contributed by atoms with Crippen LogP contribution in [0, 0.1) is 13.8 Å². The Morgan fingerprint density at radius 3 is 2.47 bits per heavy atom. The number of nitrogens with zero attached hydrogens (tertiary/aromatic N) is 3. The second kappa shape index (κ2) is 4.28. The van der Waals surface area contributed by atoms with Crippen LogP contribution in [0.25, 0.3) is 10.6 Å². The van der Waals surface area contributed by atoms with Gasteiger partial charge in [0.2, 0.25) is 0 Å². The zero-order valence-electron chi connectivity index (χ0n) is 8.81. The number of hydrogen-bond acceptors (Lipinski definition) is 5. The summed E-state index contributed by atoms with van der Waals surface area (Å²) in [5, 5.41) is 10.3. The lowest BCUT2D eigenvalue weighted by molar-refractivity contribution is 0.938. The molecule has 0 bridgehead atoms. The molecule has 0 fully saturated rings. The highest BCUT2D eigenvalue weighted by molar-refractivity contribution is 7.98. The zero-order valence-corrected chi connectivity index (χ0v) is 10.4. The first-order valence-electron chi connectivity index (χ1n) is 4.53. The van der Waals surface area contributed by atoms with E-state index in [4.69, 9.17) is 0 Å². The summed E-state index contributed by atoms with van der Waals surface area (Å²) in [6.07, 6.45) is 1.99. The second-order valence-corrected chi connectivity index (χ2v) is 5.14. The fraction of sp³-hybridized carbons (Fsp3) is 0.300. The molecule has 5 heteroatoms. The molecule has 0 spiro atoms. The molecule has 0 aliphatic carbocycles. The lowest BCUT2D eigenvalue weighted by Crippen LogP contribution is -1.88. The minimum atomic E-state index is 0.913. The summed E-state index contributed by atoms with van der Waals surface area (Å²) in [5.74, 6) is 0. The predicted molar refractivity (Wildman–Crippen MR) is 64.4 cm³/mol. The van der Waals surface area contributed by atoms with E-state index >= 15 is 0 Å². The van der Waals surface area contributed by atoms with Gasteiger partial charge in [0, 0.05) is 0 Å². The molecule has 2 rings (SSSR count). The van der Waals surface area contributed by atoms with Gasteiger partial charge in [-0.15, -0.1) is 33.3 Å². The van der Waals surface area contributed by atoms with Crippen LogP contribution in [0.5, 0.6) is 0 Å². The van der Waals surface area contributed by atoms with Crippen molar-refractivity contribution in [2.24, 2.45) is 0 Å². The van der Waals surface area contributed by atoms with Crippen LogP contribution in [0.3, 0.4) is 0 Å². The molecule has 0 radical (unpaired) electrons. The summed E-state index contributed by atoms with van der Waals surface area (Å²) in [4.78, 5) is 5.49. The zero-order chi connectivity index (χ0) is 10.8. The van der Waals surface area contributed by atoms with Crippen LogP contribution < -0.4 is 0 Å². The lowest BCUT2D eigenvalue weighted by Gasteiger charge is -1.97. The first-order valence-corrected chi connectivity index (χ1v) is 6.57. The van der Waals surface area contributed by atoms with Crippen LogP contribution in [0.15, 0.2) is 17.2 Å². The highest BCUT2D eigenvalue weighted by Crippen LogP contribution is 2.28. The quantitative estimate of drug-likeness (QED) is 0.753. The highest BCUT2D eigenvalue weighted by Gasteiger charge is 2.08. The van der Waals surface area contributed by atoms with Crippen LogP contribution in [-0.2, 0) is 0 Å². The van der Waals surface area contributed by atoms with Gasteiger partial charge in [0.25, 0.3) is 0 Å². The van der Waals surface area contributed by atoms with E-state index in [0.717, 1.165) is 26.3 Å². The van der Waals surface area contributed by atoms with Gasteiger partial charge in [-0.2, -0.15) is 0 Å². The van der Waals surface area contributed by atoms with Crippen molar-refractivity contribution in [3.8, 4) is 10.6 Å². The number of thiazole rings is 1. The number of rotatable bonds is 2. The van der Waals surface area contributed by atoms with E-state index in [1.807, 2.05) is 32.2 Å². The van der Waals surface area contributed by atoms with E-state index in [1.165, 1.54) is 0 Å². The average molecular weight is 237 g/mol. The van der Waals surface area contributed by atoms with Crippen molar-refractivity contribution in [3.05, 3.63) is 22.8 Å². The Balaban J connectivity index is 2.41. The van der Waals surface area contributed by atoms with Crippen molar-refractivity contribution in [2.45, 2.75) is 18.9 Å². The Kier molecular flexibility index (Phi) is 3.02. The first kappa shape index (κ1) is 10.6. The average Bonchev–Trinajstić information content (AvgIpc) is 2.58. The molecule has 0 atom stereocenters. The van der Waals surface area contributed by atoms with Crippen molar-refractivity contribution in [3.63, 3.8) is 0 Å². The standard InChI is InChI=1S/C10H11N3S2/c1-6-10(15-7(2)11-6)8-4-5-9(14-3)13-12-8/h4-5H,1-3H3. The van der Waals surface area contributed by atoms with Gasteiger partial charge in [-0.3, -0.25) is 0 Å². The van der Waals surface area contributed by atoms with Gasteiger partial charge in [-0.05, 0) is 32.2 Å². The molecular weight excluding hydrogens is 226 g/mol. The van der Waals surface area contributed by atoms with E-state index < -0.39 is 0 Å². The third-order valence-corrected chi connectivity index (χ3v) is 3.72. The van der Waals surface area contributed by atoms with Gasteiger partial charge in [-0.25, -0.2) is 4.98 Å². The Morgan fingerprint density at radius 2 is 2.00 bits per heavy atom. The van der Waals surface area contributed by atoms with Crippen LogP contribution in [0.2, 0.25) is 0 Å². The molecule has 0 saturated heterocycles. The fourth-order valence-corrected chi connectivity index (χ4v) is 2.53. The third kappa shape index (κ3) is 2.18. The van der Waals surface area contributed by atoms with Gasteiger partial charge >= 0.3 is 0 Å². The minimum Gasteiger partial charge on any atom is -0.246 e. The molecule has 0 aliphatic rings. The van der Waals surface area contributed by atoms with Crippen molar-refractivity contribution < 1.29 is 0 Å². The maximum absolute atomic E-state index is 4.38. The second-order valence-electron chi connectivity index (χ2n) is 3.11. The highest BCUT2D eigenvalue weighted by atomic mass is 32.2. The largest absolute Gasteiger partial charge is 0.246 e. The Morgan fingerprint density at radius 1 is 1.20 bits per heavy atom. The summed E-state index contributed by atoms with van der Waals surface area (Å²) in [7, 11) is 0. The summed E-state index contributed by atoms with van der Waals surface area (Å²) in [5.41, 5.74) is 1.94. The van der Waals surface area contributed by atoms with Crippen molar-refractivity contribution in [2.75, 3.05) is 6.26 Å². The van der Waals surface area contributed by atoms with Crippen LogP contribution in [-0.4, -0.2) is 21.4 Å². The number of thioether (sulfide) groups is 1. The fourth-order valence-electron chi connectivity index (χ4n) is 1.32. The Bertz CT molecular complexity index is 462. The molecule has 0 saturated carbocycles. The minimum absolute atomic E-state index is 0.913. The number of hydrogen-bond donors (Lipinski definition) is 0. The van der Waals surface area contributed by atoms with Crippen molar-refractivity contribution in [1.82, 2.24) is 15.2 Å². The Hall–Kier alpha value is -0.940. The van der Waals surface area contributed by atoms with E-state index in [1.54, 1.807) is 23.1 Å². The van der Waals surface area contributed by atoms with E-state index in [-0.39, 0.29) is 0 Å². The van der Waals surface area contributed by atoms with Crippen LogP contribution in [0.4, 0.5) is 0 Å². The molecule has 0 aliphatic heterocycles. The summed E-state index contributed by atoms with van der Waals surface area (Å²) < 4.78 is 0. The molecule has 15 heavy (non-hydrogen) atoms. The summed E-state index contributed by atoms with van der Waals surface area (Å²) in [6, 6.07) is 3.99. The number of aromatic nitrogens is 3. The van der Waals surface area contributed by atoms with E-state index in [9.17, 15) is 0 Å². The normalized spacial score (nSPS) is 10.6. The molecular formula is C10H11N3S2. The molecule has 2 heterocycles. The first-order chi connectivity index (χ1) is 7.20. The Labute approximate surface area is 97.0 Å². The molecule has 0 unspecified atom stereocenters. The third-order valence-electron chi connectivity index (χ3n) is 1.99. The van der Waals surface area contributed by atoms with Gasteiger partial charge in [-0.1, -0.05) is 0 Å². The molecule has 0 amide bonds. The van der Waals surface area contributed by atoms with Crippen molar-refractivity contribution >= 4 is 23.1 Å². The van der Waals surface area contributed by atoms with E-state index in [0.29, 0.717) is 0 Å². The van der Waals surface area contributed by atoms with Gasteiger partial charge < -0.3 is 0 Å². The monoisotopic (exact) mass is 237 g/mol. The van der Waals surface area contributed by atoms with Gasteiger partial charge in [0.15, 0.2) is 0 Å². The van der Waals surface area contributed by atoms with Crippen molar-refractivity contribution in [1.29, 1.82) is 0 Å².